The molecular formula is C8H17NO8S. The van der Waals surface area contributed by atoms with E-state index in [9.17, 15) is 28.8 Å². The summed E-state index contributed by atoms with van der Waals surface area (Å²) in [6, 6.07) is 0. The average Bonchev–Trinajstić information content (AvgIpc) is 2.30. The monoisotopic (exact) mass is 287 g/mol. The zero-order valence-corrected chi connectivity index (χ0v) is 10.5. The third-order valence-corrected chi connectivity index (χ3v) is 3.50. The molecule has 1 fully saturated rings. The molecule has 0 unspecified atom stereocenters. The van der Waals surface area contributed by atoms with Crippen molar-refractivity contribution in [1.82, 2.24) is 4.72 Å². The second-order valence-electron chi connectivity index (χ2n) is 3.87. The minimum absolute atomic E-state index is 0.0888. The van der Waals surface area contributed by atoms with Crippen LogP contribution in [-0.2, 0) is 19.2 Å². The van der Waals surface area contributed by atoms with E-state index in [1.54, 1.807) is 0 Å². The van der Waals surface area contributed by atoms with Crippen LogP contribution in [0.2, 0.25) is 0 Å². The zero-order chi connectivity index (χ0) is 14.0. The Hall–Kier alpha value is -0.330. The minimum atomic E-state index is -4.07. The molecule has 1 saturated heterocycles. The Balaban J connectivity index is 2.65. The normalized spacial score (nSPS) is 37.7. The van der Waals surface area contributed by atoms with Crippen LogP contribution in [0.4, 0.5) is 0 Å². The summed E-state index contributed by atoms with van der Waals surface area (Å²) in [5, 5.41) is 37.8. The quantitative estimate of drug-likeness (QED) is 0.353. The van der Waals surface area contributed by atoms with Gasteiger partial charge in [0.2, 0.25) is 5.79 Å². The summed E-state index contributed by atoms with van der Waals surface area (Å²) in [4.78, 5) is 0. The predicted octanol–water partition coefficient (Wildman–Crippen LogP) is -3.34. The van der Waals surface area contributed by atoms with Gasteiger partial charge in [-0.15, -0.1) is 0 Å². The van der Waals surface area contributed by atoms with E-state index in [1.165, 1.54) is 6.92 Å². The average molecular weight is 287 g/mol. The van der Waals surface area contributed by atoms with Gasteiger partial charge >= 0.3 is 10.3 Å². The third-order valence-electron chi connectivity index (χ3n) is 2.43. The molecule has 9 nitrogen and oxygen atoms in total. The topological polar surface area (TPSA) is 146 Å². The molecule has 0 bridgehead atoms. The SMILES string of the molecule is CCNS(=O)(=O)OC[C@@]1(O)OC[C@@H](O)[C@@H](O)[C@@H]1O. The number of aliphatic hydroxyl groups is 4. The molecule has 4 atom stereocenters. The molecule has 0 saturated carbocycles. The number of hydrogen-bond donors (Lipinski definition) is 5. The van der Waals surface area contributed by atoms with Gasteiger partial charge in [-0.1, -0.05) is 6.92 Å². The predicted molar refractivity (Wildman–Crippen MR) is 57.5 cm³/mol. The maximum Gasteiger partial charge on any atom is 0.336 e. The number of nitrogens with one attached hydrogen (secondary N) is 1. The first-order valence-electron chi connectivity index (χ1n) is 5.26. The van der Waals surface area contributed by atoms with Crippen LogP contribution < -0.4 is 4.72 Å². The minimum Gasteiger partial charge on any atom is -0.388 e. The summed E-state index contributed by atoms with van der Waals surface area (Å²) in [6.07, 6.45) is -4.92. The largest absolute Gasteiger partial charge is 0.388 e. The Labute approximate surface area is 104 Å². The van der Waals surface area contributed by atoms with Crippen LogP contribution >= 0.6 is 0 Å². The molecule has 0 amide bonds. The molecule has 1 aliphatic heterocycles. The zero-order valence-electron chi connectivity index (χ0n) is 9.68. The molecule has 0 radical (unpaired) electrons. The van der Waals surface area contributed by atoms with Crippen molar-refractivity contribution < 1.29 is 37.8 Å². The highest BCUT2D eigenvalue weighted by molar-refractivity contribution is 7.84. The van der Waals surface area contributed by atoms with Crippen molar-refractivity contribution in [2.75, 3.05) is 19.8 Å². The molecule has 1 rings (SSSR count). The van der Waals surface area contributed by atoms with Crippen LogP contribution in [0.1, 0.15) is 6.92 Å². The van der Waals surface area contributed by atoms with Crippen LogP contribution in [0.25, 0.3) is 0 Å². The first-order chi connectivity index (χ1) is 8.22. The molecule has 108 valence electrons. The van der Waals surface area contributed by atoms with Gasteiger partial charge in [-0.2, -0.15) is 13.1 Å². The Kier molecular flexibility index (Phi) is 5.03. The number of hydrogen-bond acceptors (Lipinski definition) is 8. The summed E-state index contributed by atoms with van der Waals surface area (Å²) < 4.78 is 33.5. The standard InChI is InChI=1S/C8H17NO8S/c1-2-9-18(14,15)17-4-8(13)7(12)6(11)5(10)3-16-8/h5-7,9-13H,2-4H2,1H3/t5-,6-,7+,8-/m1/s1. The lowest BCUT2D eigenvalue weighted by Crippen LogP contribution is -2.63. The fourth-order valence-electron chi connectivity index (χ4n) is 1.40. The van der Waals surface area contributed by atoms with Crippen LogP contribution in [0.15, 0.2) is 0 Å². The van der Waals surface area contributed by atoms with Gasteiger partial charge in [0, 0.05) is 6.54 Å². The van der Waals surface area contributed by atoms with Crippen molar-refractivity contribution in [2.24, 2.45) is 0 Å². The second-order valence-corrected chi connectivity index (χ2v) is 5.31. The molecule has 10 heteroatoms. The van der Waals surface area contributed by atoms with Crippen LogP contribution in [0.3, 0.4) is 0 Å². The number of ether oxygens (including phenoxy) is 1. The van der Waals surface area contributed by atoms with E-state index in [-0.39, 0.29) is 6.54 Å². The van der Waals surface area contributed by atoms with E-state index in [0.717, 1.165) is 0 Å². The summed E-state index contributed by atoms with van der Waals surface area (Å²) in [7, 11) is -4.07. The molecule has 0 aromatic heterocycles. The summed E-state index contributed by atoms with van der Waals surface area (Å²) in [6.45, 7) is 0.250. The maximum absolute atomic E-state index is 11.2. The third kappa shape index (κ3) is 3.59. The number of aliphatic hydroxyl groups excluding tert-OH is 3. The van der Waals surface area contributed by atoms with Gasteiger partial charge in [-0.25, -0.2) is 0 Å². The van der Waals surface area contributed by atoms with Crippen molar-refractivity contribution in [3.05, 3.63) is 0 Å². The fraction of sp³-hybridized carbons (Fsp3) is 1.00. The van der Waals surface area contributed by atoms with Gasteiger partial charge in [0.05, 0.1) is 6.61 Å². The molecule has 5 N–H and O–H groups in total. The first-order valence-corrected chi connectivity index (χ1v) is 6.67. The molecule has 18 heavy (non-hydrogen) atoms. The van der Waals surface area contributed by atoms with E-state index in [4.69, 9.17) is 4.74 Å². The second kappa shape index (κ2) is 5.75. The van der Waals surface area contributed by atoms with Crippen molar-refractivity contribution in [3.63, 3.8) is 0 Å². The van der Waals surface area contributed by atoms with Crippen molar-refractivity contribution in [1.29, 1.82) is 0 Å². The van der Waals surface area contributed by atoms with Crippen molar-refractivity contribution in [3.8, 4) is 0 Å². The molecular weight excluding hydrogens is 270 g/mol. The lowest BCUT2D eigenvalue weighted by atomic mass is 9.98. The van der Waals surface area contributed by atoms with Crippen molar-refractivity contribution in [2.45, 2.75) is 31.0 Å². The lowest BCUT2D eigenvalue weighted by Gasteiger charge is -2.40. The highest BCUT2D eigenvalue weighted by atomic mass is 32.2. The van der Waals surface area contributed by atoms with E-state index in [2.05, 4.69) is 4.18 Å². The fourth-order valence-corrected chi connectivity index (χ4v) is 2.16. The molecule has 0 spiro atoms. The number of rotatable bonds is 5. The molecule has 0 aliphatic carbocycles. The van der Waals surface area contributed by atoms with Crippen molar-refractivity contribution >= 4 is 10.3 Å². The van der Waals surface area contributed by atoms with Gasteiger partial charge in [-0.3, -0.25) is 4.18 Å². The maximum atomic E-state index is 11.2. The van der Waals surface area contributed by atoms with Crippen LogP contribution in [0, 0.1) is 0 Å². The summed E-state index contributed by atoms with van der Waals surface area (Å²) >= 11 is 0. The van der Waals surface area contributed by atoms with Gasteiger partial charge in [0.1, 0.15) is 24.9 Å². The molecule has 0 aromatic carbocycles. The Bertz CT molecular complexity index is 373. The van der Waals surface area contributed by atoms with Crippen LogP contribution in [-0.4, -0.2) is 72.7 Å². The summed E-state index contributed by atoms with van der Waals surface area (Å²) in [5.41, 5.74) is 0. The lowest BCUT2D eigenvalue weighted by molar-refractivity contribution is -0.328. The van der Waals surface area contributed by atoms with Gasteiger partial charge in [0.25, 0.3) is 0 Å². The summed E-state index contributed by atoms with van der Waals surface area (Å²) in [5.74, 6) is -2.40. The van der Waals surface area contributed by atoms with E-state index >= 15 is 0 Å². The van der Waals surface area contributed by atoms with E-state index in [1.807, 2.05) is 4.72 Å². The van der Waals surface area contributed by atoms with Gasteiger partial charge in [0.15, 0.2) is 0 Å². The smallest absolute Gasteiger partial charge is 0.336 e. The molecule has 1 aliphatic rings. The Morgan fingerprint density at radius 2 is 2.06 bits per heavy atom. The Morgan fingerprint density at radius 3 is 2.61 bits per heavy atom. The molecule has 0 aromatic rings. The Morgan fingerprint density at radius 1 is 1.44 bits per heavy atom. The van der Waals surface area contributed by atoms with E-state index in [0.29, 0.717) is 0 Å². The van der Waals surface area contributed by atoms with Gasteiger partial charge < -0.3 is 25.2 Å². The first kappa shape index (κ1) is 15.7. The van der Waals surface area contributed by atoms with E-state index < -0.39 is 47.6 Å². The van der Waals surface area contributed by atoms with Gasteiger partial charge in [-0.05, 0) is 0 Å². The van der Waals surface area contributed by atoms with Crippen LogP contribution in [0.5, 0.6) is 0 Å². The highest BCUT2D eigenvalue weighted by Gasteiger charge is 2.49. The molecule has 1 heterocycles. The highest BCUT2D eigenvalue weighted by Crippen LogP contribution is 2.24.